The van der Waals surface area contributed by atoms with Gasteiger partial charge in [0.25, 0.3) is 0 Å². The Bertz CT molecular complexity index is 223. The van der Waals surface area contributed by atoms with Crippen molar-refractivity contribution in [3.63, 3.8) is 0 Å². The van der Waals surface area contributed by atoms with E-state index in [1.54, 1.807) is 12.3 Å². The molecule has 4 N–H and O–H groups in total. The molecule has 0 radical (unpaired) electrons. The smallest absolute Gasteiger partial charge is 0.124 e. The van der Waals surface area contributed by atoms with Crippen molar-refractivity contribution in [2.45, 2.75) is 0 Å². The van der Waals surface area contributed by atoms with Gasteiger partial charge in [-0.25, -0.2) is 4.98 Å². The Morgan fingerprint density at radius 2 is 2.11 bits per heavy atom. The van der Waals surface area contributed by atoms with Crippen molar-refractivity contribution in [2.75, 3.05) is 11.5 Å². The molecule has 1 aromatic rings. The van der Waals surface area contributed by atoms with Crippen LogP contribution in [0.3, 0.4) is 0 Å². The Morgan fingerprint density at radius 1 is 1.44 bits per heavy atom. The van der Waals surface area contributed by atoms with Gasteiger partial charge in [-0.2, -0.15) is 0 Å². The summed E-state index contributed by atoms with van der Waals surface area (Å²) in [6.45, 7) is 0. The van der Waals surface area contributed by atoms with Crippen molar-refractivity contribution in [2.24, 2.45) is 0 Å². The maximum absolute atomic E-state index is 5.46. The van der Waals surface area contributed by atoms with Crippen LogP contribution in [0.5, 0.6) is 0 Å². The van der Waals surface area contributed by atoms with Crippen molar-refractivity contribution in [3.8, 4) is 0 Å². The summed E-state index contributed by atoms with van der Waals surface area (Å²) in [4.78, 5) is 3.79. The number of halogens is 1. The Kier molecular flexibility index (Phi) is 1.75. The monoisotopic (exact) mass is 235 g/mol. The molecule has 0 aromatic carbocycles. The largest absolute Gasteiger partial charge is 0.397 e. The molecule has 0 unspecified atom stereocenters. The quantitative estimate of drug-likeness (QED) is 0.655. The molecule has 0 bridgehead atoms. The van der Waals surface area contributed by atoms with Crippen molar-refractivity contribution < 1.29 is 0 Å². The van der Waals surface area contributed by atoms with Crippen molar-refractivity contribution in [1.82, 2.24) is 4.98 Å². The van der Waals surface area contributed by atoms with Crippen LogP contribution >= 0.6 is 22.6 Å². The molecule has 9 heavy (non-hydrogen) atoms. The molecule has 0 atom stereocenters. The van der Waals surface area contributed by atoms with Crippen LogP contribution in [0.1, 0.15) is 0 Å². The molecule has 0 fully saturated rings. The van der Waals surface area contributed by atoms with Crippen molar-refractivity contribution >= 4 is 34.1 Å². The minimum atomic E-state index is 0.508. The number of rotatable bonds is 0. The predicted octanol–water partition coefficient (Wildman–Crippen LogP) is 0.851. The summed E-state index contributed by atoms with van der Waals surface area (Å²) in [7, 11) is 0. The van der Waals surface area contributed by atoms with Crippen LogP contribution in [0.15, 0.2) is 12.3 Å². The molecule has 0 saturated heterocycles. The minimum absolute atomic E-state index is 0.508. The minimum Gasteiger partial charge on any atom is -0.397 e. The number of anilines is 2. The van der Waals surface area contributed by atoms with Gasteiger partial charge in [-0.05, 0) is 28.7 Å². The average molecular weight is 235 g/mol. The van der Waals surface area contributed by atoms with E-state index in [-0.39, 0.29) is 0 Å². The standard InChI is InChI=1S/C5H6IN3/c6-3-1-5(8)9-2-4(3)7/h1-2H,7H2,(H2,8,9). The second kappa shape index (κ2) is 2.38. The van der Waals surface area contributed by atoms with E-state index in [9.17, 15) is 0 Å². The molecular weight excluding hydrogens is 229 g/mol. The third-order valence-electron chi connectivity index (χ3n) is 0.903. The average Bonchev–Trinajstić information content (AvgIpc) is 1.80. The molecule has 1 rings (SSSR count). The maximum Gasteiger partial charge on any atom is 0.124 e. The lowest BCUT2D eigenvalue weighted by molar-refractivity contribution is 1.33. The number of aromatic nitrogens is 1. The highest BCUT2D eigenvalue weighted by atomic mass is 127. The molecule has 3 nitrogen and oxygen atoms in total. The second-order valence-corrected chi connectivity index (χ2v) is 2.79. The molecule has 0 amide bonds. The van der Waals surface area contributed by atoms with Crippen LogP contribution in [0.25, 0.3) is 0 Å². The van der Waals surface area contributed by atoms with Crippen molar-refractivity contribution in [3.05, 3.63) is 15.8 Å². The van der Waals surface area contributed by atoms with Crippen LogP contribution in [-0.4, -0.2) is 4.98 Å². The van der Waals surface area contributed by atoms with Gasteiger partial charge in [-0.3, -0.25) is 0 Å². The van der Waals surface area contributed by atoms with Crippen molar-refractivity contribution in [1.29, 1.82) is 0 Å². The van der Waals surface area contributed by atoms with Gasteiger partial charge in [0.1, 0.15) is 5.82 Å². The van der Waals surface area contributed by atoms with E-state index >= 15 is 0 Å². The van der Waals surface area contributed by atoms with E-state index in [1.165, 1.54) is 0 Å². The lowest BCUT2D eigenvalue weighted by Gasteiger charge is -1.95. The first-order chi connectivity index (χ1) is 4.20. The number of nitrogen functional groups attached to an aromatic ring is 2. The molecular formula is C5H6IN3. The first-order valence-electron chi connectivity index (χ1n) is 2.36. The Hall–Kier alpha value is -0.520. The van der Waals surface area contributed by atoms with Crippen LogP contribution in [0, 0.1) is 3.57 Å². The predicted molar refractivity (Wildman–Crippen MR) is 45.8 cm³/mol. The van der Waals surface area contributed by atoms with Gasteiger partial charge in [-0.15, -0.1) is 0 Å². The second-order valence-electron chi connectivity index (χ2n) is 1.63. The fourth-order valence-corrected chi connectivity index (χ4v) is 0.915. The SMILES string of the molecule is Nc1cc(I)c(N)cn1. The molecule has 1 heterocycles. The van der Waals surface area contributed by atoms with E-state index in [0.717, 1.165) is 3.57 Å². The van der Waals surface area contributed by atoms with E-state index in [4.69, 9.17) is 11.5 Å². The third-order valence-corrected chi connectivity index (χ3v) is 1.84. The fraction of sp³-hybridized carbons (Fsp3) is 0. The van der Waals surface area contributed by atoms with Gasteiger partial charge in [0.2, 0.25) is 0 Å². The number of hydrogen-bond acceptors (Lipinski definition) is 3. The summed E-state index contributed by atoms with van der Waals surface area (Å²) in [6.07, 6.45) is 1.55. The molecule has 1 aromatic heterocycles. The zero-order chi connectivity index (χ0) is 6.85. The zero-order valence-electron chi connectivity index (χ0n) is 4.63. The first-order valence-corrected chi connectivity index (χ1v) is 3.44. The lowest BCUT2D eigenvalue weighted by Crippen LogP contribution is -1.94. The van der Waals surface area contributed by atoms with Crippen LogP contribution in [0.2, 0.25) is 0 Å². The number of nitrogens with zero attached hydrogens (tertiary/aromatic N) is 1. The molecule has 0 saturated carbocycles. The third kappa shape index (κ3) is 1.44. The van der Waals surface area contributed by atoms with Crippen LogP contribution < -0.4 is 11.5 Å². The number of pyridine rings is 1. The van der Waals surface area contributed by atoms with Crippen LogP contribution in [-0.2, 0) is 0 Å². The summed E-state index contributed by atoms with van der Waals surface area (Å²) in [6, 6.07) is 1.73. The Morgan fingerprint density at radius 3 is 2.56 bits per heavy atom. The maximum atomic E-state index is 5.46. The van der Waals surface area contributed by atoms with E-state index in [2.05, 4.69) is 27.6 Å². The molecule has 48 valence electrons. The summed E-state index contributed by atoms with van der Waals surface area (Å²) in [5.74, 6) is 0.508. The molecule has 0 spiro atoms. The van der Waals surface area contributed by atoms with Crippen LogP contribution in [0.4, 0.5) is 11.5 Å². The molecule has 0 aliphatic carbocycles. The summed E-state index contributed by atoms with van der Waals surface area (Å²) < 4.78 is 0.945. The first kappa shape index (κ1) is 6.60. The molecule has 0 aliphatic heterocycles. The Balaban J connectivity index is 3.17. The topological polar surface area (TPSA) is 64.9 Å². The molecule has 0 aliphatic rings. The fourth-order valence-electron chi connectivity index (χ4n) is 0.456. The number of nitrogens with two attached hydrogens (primary N) is 2. The highest BCUT2D eigenvalue weighted by Crippen LogP contribution is 2.14. The highest BCUT2D eigenvalue weighted by molar-refractivity contribution is 14.1. The Labute approximate surface area is 66.6 Å². The summed E-state index contributed by atoms with van der Waals surface area (Å²) in [5.41, 5.74) is 11.5. The van der Waals surface area contributed by atoms with Gasteiger partial charge in [0.15, 0.2) is 0 Å². The van der Waals surface area contributed by atoms with Gasteiger partial charge < -0.3 is 11.5 Å². The molecule has 4 heteroatoms. The van der Waals surface area contributed by atoms with E-state index in [0.29, 0.717) is 11.5 Å². The van der Waals surface area contributed by atoms with Gasteiger partial charge in [-0.1, -0.05) is 0 Å². The number of hydrogen-bond donors (Lipinski definition) is 2. The van der Waals surface area contributed by atoms with Gasteiger partial charge >= 0.3 is 0 Å². The zero-order valence-corrected chi connectivity index (χ0v) is 6.79. The van der Waals surface area contributed by atoms with E-state index < -0.39 is 0 Å². The highest BCUT2D eigenvalue weighted by Gasteiger charge is 1.93. The van der Waals surface area contributed by atoms with Gasteiger partial charge in [0, 0.05) is 3.57 Å². The summed E-state index contributed by atoms with van der Waals surface area (Å²) >= 11 is 2.10. The van der Waals surface area contributed by atoms with Gasteiger partial charge in [0.05, 0.1) is 11.9 Å². The van der Waals surface area contributed by atoms with E-state index in [1.807, 2.05) is 0 Å². The lowest BCUT2D eigenvalue weighted by atomic mass is 10.4. The normalized spacial score (nSPS) is 9.44. The summed E-state index contributed by atoms with van der Waals surface area (Å²) in [5, 5.41) is 0.